The molecule has 0 aliphatic carbocycles. The van der Waals surface area contributed by atoms with Crippen LogP contribution in [-0.4, -0.2) is 37.2 Å². The quantitative estimate of drug-likeness (QED) is 0.0261. The first kappa shape index (κ1) is 69.3. The van der Waals surface area contributed by atoms with Crippen molar-refractivity contribution in [1.82, 2.24) is 0 Å². The van der Waals surface area contributed by atoms with Gasteiger partial charge in [0.15, 0.2) is 6.10 Å². The summed E-state index contributed by atoms with van der Waals surface area (Å²) in [5.41, 5.74) is 0. The van der Waals surface area contributed by atoms with E-state index < -0.39 is 6.10 Å². The number of hydrogen-bond acceptors (Lipinski definition) is 6. The van der Waals surface area contributed by atoms with Gasteiger partial charge in [-0.15, -0.1) is 0 Å². The van der Waals surface area contributed by atoms with Crippen LogP contribution in [0.15, 0.2) is 146 Å². The highest BCUT2D eigenvalue weighted by atomic mass is 16.6. The number of unbranched alkanes of at least 4 members (excludes halogenated alkanes) is 17. The Balaban J connectivity index is 4.50. The van der Waals surface area contributed by atoms with Crippen molar-refractivity contribution in [3.8, 4) is 0 Å². The topological polar surface area (TPSA) is 78.9 Å². The van der Waals surface area contributed by atoms with Crippen molar-refractivity contribution in [1.29, 1.82) is 0 Å². The van der Waals surface area contributed by atoms with Crippen molar-refractivity contribution < 1.29 is 28.6 Å². The maximum Gasteiger partial charge on any atom is 0.306 e. The Morgan fingerprint density at radius 1 is 0.284 bits per heavy atom. The second-order valence-electron chi connectivity index (χ2n) is 19.1. The van der Waals surface area contributed by atoms with Crippen LogP contribution in [0.3, 0.4) is 0 Å². The average Bonchev–Trinajstić information content (AvgIpc) is 3.40. The summed E-state index contributed by atoms with van der Waals surface area (Å²) in [5.74, 6) is -0.961. The molecule has 0 bridgehead atoms. The summed E-state index contributed by atoms with van der Waals surface area (Å²) >= 11 is 0. The number of ether oxygens (including phenoxy) is 3. The summed E-state index contributed by atoms with van der Waals surface area (Å²) in [6.45, 7) is 6.32. The van der Waals surface area contributed by atoms with Crippen LogP contribution in [0.25, 0.3) is 0 Å². The van der Waals surface area contributed by atoms with E-state index in [1.54, 1.807) is 0 Å². The zero-order valence-corrected chi connectivity index (χ0v) is 47.5. The largest absolute Gasteiger partial charge is 0.462 e. The predicted molar refractivity (Wildman–Crippen MR) is 320 cm³/mol. The number of rotatable bonds is 52. The van der Waals surface area contributed by atoms with Crippen LogP contribution >= 0.6 is 0 Å². The number of carbonyl (C=O) groups is 3. The first-order chi connectivity index (χ1) is 36.5. The van der Waals surface area contributed by atoms with Gasteiger partial charge in [-0.25, -0.2) is 0 Å². The van der Waals surface area contributed by atoms with Gasteiger partial charge < -0.3 is 14.2 Å². The highest BCUT2D eigenvalue weighted by molar-refractivity contribution is 5.71. The predicted octanol–water partition coefficient (Wildman–Crippen LogP) is 20.4. The summed E-state index contributed by atoms with van der Waals surface area (Å²) in [4.78, 5) is 38.2. The van der Waals surface area contributed by atoms with E-state index in [1.165, 1.54) is 19.3 Å². The van der Waals surface area contributed by atoms with Crippen molar-refractivity contribution in [2.45, 2.75) is 252 Å². The van der Waals surface area contributed by atoms with E-state index >= 15 is 0 Å². The summed E-state index contributed by atoms with van der Waals surface area (Å²) in [6.07, 6.45) is 86.9. The molecule has 0 spiro atoms. The Morgan fingerprint density at radius 3 is 0.824 bits per heavy atom. The third kappa shape index (κ3) is 58.2. The lowest BCUT2D eigenvalue weighted by atomic mass is 10.1. The molecule has 6 nitrogen and oxygen atoms in total. The van der Waals surface area contributed by atoms with Crippen LogP contribution in [0.4, 0.5) is 0 Å². The van der Waals surface area contributed by atoms with Gasteiger partial charge in [-0.1, -0.05) is 237 Å². The normalized spacial score (nSPS) is 13.2. The van der Waals surface area contributed by atoms with Crippen molar-refractivity contribution in [2.24, 2.45) is 0 Å². The fourth-order valence-electron chi connectivity index (χ4n) is 7.63. The van der Waals surface area contributed by atoms with Crippen LogP contribution in [0.5, 0.6) is 0 Å². The molecule has 0 aromatic rings. The molecule has 0 aromatic heterocycles. The Morgan fingerprint density at radius 2 is 0.527 bits per heavy atom. The molecule has 0 saturated heterocycles. The van der Waals surface area contributed by atoms with Crippen molar-refractivity contribution >= 4 is 17.9 Å². The average molecular weight is 1020 g/mol. The number of hydrogen-bond donors (Lipinski definition) is 0. The standard InChI is InChI=1S/C68H108O6/c1-4-7-10-13-16-19-22-25-28-30-32-34-36-38-40-43-46-49-52-55-58-61-67(70)73-64-65(63-72-66(69)60-57-54-51-48-45-42-27-24-21-18-15-12-9-6-3)74-68(71)62-59-56-53-50-47-44-41-39-37-35-33-31-29-26-23-20-17-14-11-8-5-2/h7-8,10-11,15-20,24-29,32-35,38-41,65H,4-6,9,12-14,21-23,30-31,36-37,42-64H2,1-3H3/b10-7-,11-8-,18-15-,19-16-,20-17-,27-24-,28-25-,29-26-,34-32-,35-33-,40-38-,41-39-. The van der Waals surface area contributed by atoms with Gasteiger partial charge in [0.05, 0.1) is 0 Å². The van der Waals surface area contributed by atoms with Crippen LogP contribution in [-0.2, 0) is 28.6 Å². The first-order valence-corrected chi connectivity index (χ1v) is 29.8. The fraction of sp³-hybridized carbons (Fsp3) is 0.603. The van der Waals surface area contributed by atoms with E-state index in [9.17, 15) is 14.4 Å². The summed E-state index contributed by atoms with van der Waals surface area (Å²) in [6, 6.07) is 0. The smallest absolute Gasteiger partial charge is 0.306 e. The minimum Gasteiger partial charge on any atom is -0.462 e. The molecule has 0 aliphatic heterocycles. The molecule has 74 heavy (non-hydrogen) atoms. The zero-order chi connectivity index (χ0) is 53.6. The first-order valence-electron chi connectivity index (χ1n) is 29.8. The number of carbonyl (C=O) groups excluding carboxylic acids is 3. The Kier molecular flexibility index (Phi) is 57.0. The van der Waals surface area contributed by atoms with E-state index in [0.29, 0.717) is 19.3 Å². The highest BCUT2D eigenvalue weighted by Gasteiger charge is 2.19. The van der Waals surface area contributed by atoms with Gasteiger partial charge >= 0.3 is 17.9 Å². The molecule has 0 aliphatic rings. The van der Waals surface area contributed by atoms with E-state index in [4.69, 9.17) is 14.2 Å². The Labute approximate surface area is 455 Å². The maximum atomic E-state index is 12.9. The molecular weight excluding hydrogens is 913 g/mol. The monoisotopic (exact) mass is 1020 g/mol. The van der Waals surface area contributed by atoms with E-state index in [0.717, 1.165) is 186 Å². The molecule has 0 amide bonds. The molecule has 416 valence electrons. The van der Waals surface area contributed by atoms with Crippen LogP contribution in [0.1, 0.15) is 245 Å². The van der Waals surface area contributed by atoms with E-state index in [1.807, 2.05) is 0 Å². The van der Waals surface area contributed by atoms with Gasteiger partial charge in [-0.2, -0.15) is 0 Å². The summed E-state index contributed by atoms with van der Waals surface area (Å²) < 4.78 is 16.9. The van der Waals surface area contributed by atoms with Crippen molar-refractivity contribution in [3.05, 3.63) is 146 Å². The molecule has 0 radical (unpaired) electrons. The van der Waals surface area contributed by atoms with E-state index in [-0.39, 0.29) is 31.1 Å². The minimum atomic E-state index is -0.810. The molecule has 0 heterocycles. The molecule has 0 saturated carbocycles. The van der Waals surface area contributed by atoms with Gasteiger partial charge in [0.25, 0.3) is 0 Å². The molecule has 0 fully saturated rings. The molecule has 0 rings (SSSR count). The maximum absolute atomic E-state index is 12.9. The van der Waals surface area contributed by atoms with Crippen LogP contribution in [0.2, 0.25) is 0 Å². The molecule has 6 heteroatoms. The van der Waals surface area contributed by atoms with Gasteiger partial charge in [0.1, 0.15) is 13.2 Å². The lowest BCUT2D eigenvalue weighted by Crippen LogP contribution is -2.30. The summed E-state index contributed by atoms with van der Waals surface area (Å²) in [7, 11) is 0. The SMILES string of the molecule is CC/C=C\C/C=C\C/C=C\C/C=C\C/C=C\CCCCCCCC(=O)OCC(COC(=O)CCCCCCC/C=C\C/C=C\CCCC)OC(=O)CCCCCCC/C=C\C/C=C\C/C=C\C/C=C\C/C=C\CC. The zero-order valence-electron chi connectivity index (χ0n) is 47.5. The molecule has 1 unspecified atom stereocenters. The minimum absolute atomic E-state index is 0.105. The van der Waals surface area contributed by atoms with Gasteiger partial charge in [-0.05, 0) is 135 Å². The number of allylic oxidation sites excluding steroid dienone is 24. The Hall–Kier alpha value is -4.71. The molecule has 1 atom stereocenters. The summed E-state index contributed by atoms with van der Waals surface area (Å²) in [5, 5.41) is 0. The lowest BCUT2D eigenvalue weighted by molar-refractivity contribution is -0.167. The van der Waals surface area contributed by atoms with Crippen LogP contribution in [0, 0.1) is 0 Å². The second kappa shape index (κ2) is 60.8. The van der Waals surface area contributed by atoms with Gasteiger partial charge in [0.2, 0.25) is 0 Å². The van der Waals surface area contributed by atoms with Gasteiger partial charge in [0, 0.05) is 19.3 Å². The van der Waals surface area contributed by atoms with Gasteiger partial charge in [-0.3, -0.25) is 14.4 Å². The highest BCUT2D eigenvalue weighted by Crippen LogP contribution is 2.13. The fourth-order valence-corrected chi connectivity index (χ4v) is 7.63. The van der Waals surface area contributed by atoms with E-state index in [2.05, 4.69) is 167 Å². The third-order valence-corrected chi connectivity index (χ3v) is 12.1. The van der Waals surface area contributed by atoms with Crippen molar-refractivity contribution in [2.75, 3.05) is 13.2 Å². The number of esters is 3. The second-order valence-corrected chi connectivity index (χ2v) is 19.1. The molecular formula is C68H108O6. The third-order valence-electron chi connectivity index (χ3n) is 12.1. The van der Waals surface area contributed by atoms with Crippen LogP contribution < -0.4 is 0 Å². The Bertz CT molecular complexity index is 1640. The lowest BCUT2D eigenvalue weighted by Gasteiger charge is -2.18. The van der Waals surface area contributed by atoms with Crippen molar-refractivity contribution in [3.63, 3.8) is 0 Å². The molecule has 0 N–H and O–H groups in total. The molecule has 0 aromatic carbocycles.